The SMILES string of the molecule is CCCc1nc(COc2ccc(F)cc2C(=O)c2cc(C#N)c(=O)n(CCCOC)c2)cs1. The van der Waals surface area contributed by atoms with Gasteiger partial charge in [0.2, 0.25) is 0 Å². The first-order valence-electron chi connectivity index (χ1n) is 10.5. The lowest BCUT2D eigenvalue weighted by Crippen LogP contribution is -2.24. The maximum absolute atomic E-state index is 14.0. The second kappa shape index (κ2) is 11.5. The van der Waals surface area contributed by atoms with E-state index in [1.165, 1.54) is 29.0 Å². The van der Waals surface area contributed by atoms with Crippen molar-refractivity contribution >= 4 is 17.1 Å². The summed E-state index contributed by atoms with van der Waals surface area (Å²) in [5.41, 5.74) is 0.169. The molecule has 3 aromatic rings. The molecule has 0 fully saturated rings. The van der Waals surface area contributed by atoms with Crippen molar-refractivity contribution in [1.82, 2.24) is 9.55 Å². The molecule has 2 heterocycles. The van der Waals surface area contributed by atoms with Crippen molar-refractivity contribution in [2.75, 3.05) is 13.7 Å². The second-order valence-electron chi connectivity index (χ2n) is 7.34. The number of hydrogen-bond acceptors (Lipinski definition) is 7. The molecule has 7 nitrogen and oxygen atoms in total. The minimum absolute atomic E-state index is 0.00462. The number of ether oxygens (including phenoxy) is 2. The van der Waals surface area contributed by atoms with Gasteiger partial charge in [-0.1, -0.05) is 6.92 Å². The number of hydrogen-bond donors (Lipinski definition) is 0. The van der Waals surface area contributed by atoms with Crippen LogP contribution in [0.25, 0.3) is 0 Å². The van der Waals surface area contributed by atoms with E-state index < -0.39 is 17.2 Å². The van der Waals surface area contributed by atoms with Crippen LogP contribution in [-0.2, 0) is 24.3 Å². The summed E-state index contributed by atoms with van der Waals surface area (Å²) in [6, 6.07) is 6.75. The van der Waals surface area contributed by atoms with Crippen molar-refractivity contribution in [3.8, 4) is 11.8 Å². The van der Waals surface area contributed by atoms with Crippen LogP contribution in [0.3, 0.4) is 0 Å². The molecule has 0 aliphatic heterocycles. The van der Waals surface area contributed by atoms with Crippen LogP contribution in [0.15, 0.2) is 40.6 Å². The summed E-state index contributed by atoms with van der Waals surface area (Å²) in [6.45, 7) is 2.91. The van der Waals surface area contributed by atoms with Crippen molar-refractivity contribution in [1.29, 1.82) is 5.26 Å². The van der Waals surface area contributed by atoms with Crippen molar-refractivity contribution in [3.05, 3.63) is 79.4 Å². The molecule has 0 amide bonds. The van der Waals surface area contributed by atoms with E-state index in [4.69, 9.17) is 9.47 Å². The van der Waals surface area contributed by atoms with Crippen LogP contribution in [0.5, 0.6) is 5.75 Å². The standard InChI is InChI=1S/C24H24FN3O4S/c1-3-5-22-27-19(15-33-22)14-32-21-7-6-18(25)11-20(21)23(29)17-10-16(12-26)24(30)28(13-17)8-4-9-31-2/h6-7,10-11,13,15H,3-5,8-9,14H2,1-2H3. The van der Waals surface area contributed by atoms with Crippen LogP contribution in [0.2, 0.25) is 0 Å². The largest absolute Gasteiger partial charge is 0.486 e. The molecule has 0 aliphatic carbocycles. The highest BCUT2D eigenvalue weighted by atomic mass is 32.1. The molecule has 0 spiro atoms. The Morgan fingerprint density at radius 2 is 2.15 bits per heavy atom. The zero-order chi connectivity index (χ0) is 23.8. The molecule has 0 N–H and O–H groups in total. The van der Waals surface area contributed by atoms with Gasteiger partial charge in [-0.2, -0.15) is 5.26 Å². The first kappa shape index (κ1) is 24.3. The number of benzene rings is 1. The smallest absolute Gasteiger partial charge is 0.268 e. The molecule has 9 heteroatoms. The third-order valence-electron chi connectivity index (χ3n) is 4.84. The number of rotatable bonds is 11. The van der Waals surface area contributed by atoms with Crippen molar-refractivity contribution in [3.63, 3.8) is 0 Å². The van der Waals surface area contributed by atoms with E-state index in [-0.39, 0.29) is 35.6 Å². The molecule has 0 atom stereocenters. The van der Waals surface area contributed by atoms with Crippen LogP contribution < -0.4 is 10.3 Å². The number of nitrogens with zero attached hydrogens (tertiary/aromatic N) is 3. The lowest BCUT2D eigenvalue weighted by molar-refractivity contribution is 0.103. The number of carbonyl (C=O) groups is 1. The fourth-order valence-electron chi connectivity index (χ4n) is 3.24. The van der Waals surface area contributed by atoms with Crippen LogP contribution in [0.4, 0.5) is 4.39 Å². The fraction of sp³-hybridized carbons (Fsp3) is 0.333. The predicted molar refractivity (Wildman–Crippen MR) is 122 cm³/mol. The zero-order valence-corrected chi connectivity index (χ0v) is 19.3. The number of carbonyl (C=O) groups excluding carboxylic acids is 1. The number of aryl methyl sites for hydroxylation is 2. The van der Waals surface area contributed by atoms with Crippen molar-refractivity contribution < 1.29 is 18.7 Å². The average molecular weight is 470 g/mol. The van der Waals surface area contributed by atoms with E-state index in [1.54, 1.807) is 18.4 Å². The normalized spacial score (nSPS) is 10.7. The molecule has 33 heavy (non-hydrogen) atoms. The van der Waals surface area contributed by atoms with Gasteiger partial charge in [0.25, 0.3) is 5.56 Å². The third-order valence-corrected chi connectivity index (χ3v) is 5.80. The van der Waals surface area contributed by atoms with E-state index in [2.05, 4.69) is 11.9 Å². The van der Waals surface area contributed by atoms with Gasteiger partial charge in [-0.25, -0.2) is 9.37 Å². The number of nitriles is 1. The van der Waals surface area contributed by atoms with Crippen LogP contribution in [-0.4, -0.2) is 29.1 Å². The third kappa shape index (κ3) is 6.12. The van der Waals surface area contributed by atoms with Gasteiger partial charge in [0, 0.05) is 37.4 Å². The Bertz CT molecular complexity index is 1230. The number of methoxy groups -OCH3 is 1. The molecular formula is C24H24FN3O4S. The number of thiazole rings is 1. The monoisotopic (exact) mass is 469 g/mol. The highest BCUT2D eigenvalue weighted by molar-refractivity contribution is 7.09. The summed E-state index contributed by atoms with van der Waals surface area (Å²) in [5, 5.41) is 12.3. The van der Waals surface area contributed by atoms with E-state index >= 15 is 0 Å². The summed E-state index contributed by atoms with van der Waals surface area (Å²) >= 11 is 1.54. The molecule has 2 aromatic heterocycles. The topological polar surface area (TPSA) is 94.2 Å². The van der Waals surface area contributed by atoms with Crippen LogP contribution in [0.1, 0.15) is 52.0 Å². The minimum atomic E-state index is -0.599. The van der Waals surface area contributed by atoms with Gasteiger partial charge in [-0.05, 0) is 43.5 Å². The molecular weight excluding hydrogens is 445 g/mol. The molecule has 1 aromatic carbocycles. The first-order valence-corrected chi connectivity index (χ1v) is 11.4. The van der Waals surface area contributed by atoms with Crippen LogP contribution >= 0.6 is 11.3 Å². The molecule has 3 rings (SSSR count). The molecule has 0 saturated carbocycles. The Labute approximate surface area is 195 Å². The molecule has 0 unspecified atom stereocenters. The lowest BCUT2D eigenvalue weighted by Gasteiger charge is -2.12. The van der Waals surface area contributed by atoms with Gasteiger partial charge in [0.1, 0.15) is 29.8 Å². The van der Waals surface area contributed by atoms with Crippen molar-refractivity contribution in [2.24, 2.45) is 0 Å². The molecule has 0 bridgehead atoms. The van der Waals surface area contributed by atoms with Gasteiger partial charge in [-0.15, -0.1) is 11.3 Å². The van der Waals surface area contributed by atoms with E-state index in [1.807, 2.05) is 11.4 Å². The number of aromatic nitrogens is 2. The van der Waals surface area contributed by atoms with Gasteiger partial charge < -0.3 is 14.0 Å². The zero-order valence-electron chi connectivity index (χ0n) is 18.5. The first-order chi connectivity index (χ1) is 16.0. The van der Waals surface area contributed by atoms with Crippen LogP contribution in [0, 0.1) is 17.1 Å². The minimum Gasteiger partial charge on any atom is -0.486 e. The second-order valence-corrected chi connectivity index (χ2v) is 8.28. The Kier molecular flexibility index (Phi) is 8.46. The predicted octanol–water partition coefficient (Wildman–Crippen LogP) is 4.11. The number of halogens is 1. The summed E-state index contributed by atoms with van der Waals surface area (Å²) in [7, 11) is 1.55. The average Bonchev–Trinajstić information content (AvgIpc) is 3.26. The molecule has 172 valence electrons. The summed E-state index contributed by atoms with van der Waals surface area (Å²) in [6.07, 6.45) is 3.78. The quantitative estimate of drug-likeness (QED) is 0.310. The summed E-state index contributed by atoms with van der Waals surface area (Å²) in [4.78, 5) is 30.2. The Balaban J connectivity index is 1.90. The lowest BCUT2D eigenvalue weighted by atomic mass is 10.0. The van der Waals surface area contributed by atoms with Gasteiger partial charge in [-0.3, -0.25) is 9.59 Å². The fourth-order valence-corrected chi connectivity index (χ4v) is 4.13. The van der Waals surface area contributed by atoms with E-state index in [0.717, 1.165) is 29.6 Å². The maximum Gasteiger partial charge on any atom is 0.268 e. The van der Waals surface area contributed by atoms with Gasteiger partial charge >= 0.3 is 0 Å². The Morgan fingerprint density at radius 1 is 1.33 bits per heavy atom. The van der Waals surface area contributed by atoms with Crippen molar-refractivity contribution in [2.45, 2.75) is 39.3 Å². The highest BCUT2D eigenvalue weighted by Gasteiger charge is 2.19. The maximum atomic E-state index is 14.0. The Morgan fingerprint density at radius 3 is 2.88 bits per heavy atom. The molecule has 0 aliphatic rings. The summed E-state index contributed by atoms with van der Waals surface area (Å²) < 4.78 is 26.1. The number of pyridine rings is 1. The number of ketones is 1. The van der Waals surface area contributed by atoms with E-state index in [9.17, 15) is 19.2 Å². The van der Waals surface area contributed by atoms with Gasteiger partial charge in [0.05, 0.1) is 16.3 Å². The summed E-state index contributed by atoms with van der Waals surface area (Å²) in [5.74, 6) is -0.952. The Hall–Kier alpha value is -3.35. The van der Waals surface area contributed by atoms with Gasteiger partial charge in [0.15, 0.2) is 5.78 Å². The highest BCUT2D eigenvalue weighted by Crippen LogP contribution is 2.25. The molecule has 0 saturated heterocycles. The molecule has 0 radical (unpaired) electrons. The van der Waals surface area contributed by atoms with E-state index in [0.29, 0.717) is 13.0 Å².